The Labute approximate surface area is 200 Å². The monoisotopic (exact) mass is 483 g/mol. The Kier molecular flexibility index (Phi) is 6.30. The fourth-order valence-electron chi connectivity index (χ4n) is 4.09. The Hall–Kier alpha value is -3.30. The summed E-state index contributed by atoms with van der Waals surface area (Å²) in [5, 5.41) is 3.09. The van der Waals surface area contributed by atoms with E-state index in [-0.39, 0.29) is 22.7 Å². The highest BCUT2D eigenvalue weighted by Gasteiger charge is 2.27. The van der Waals surface area contributed by atoms with Gasteiger partial charge in [-0.25, -0.2) is 19.3 Å². The molecule has 1 atom stereocenters. The second-order valence-corrected chi connectivity index (χ2v) is 8.77. The highest BCUT2D eigenvalue weighted by molar-refractivity contribution is 6.31. The van der Waals surface area contributed by atoms with Crippen LogP contribution < -0.4 is 10.1 Å². The molecule has 0 saturated carbocycles. The van der Waals surface area contributed by atoms with Crippen molar-refractivity contribution in [3.8, 4) is 5.88 Å². The van der Waals surface area contributed by atoms with E-state index in [9.17, 15) is 4.79 Å². The summed E-state index contributed by atoms with van der Waals surface area (Å²) >= 11 is 6.31. The quantitative estimate of drug-likeness (QED) is 0.509. The SMILES string of the molecule is C=CC(=O)N1CC[C@H](Oc2ccc3ncnc(Nc4ccc(CC5COC5)c(Cl)c4F)c3n2)C1. The van der Waals surface area contributed by atoms with Crippen molar-refractivity contribution in [1.82, 2.24) is 19.9 Å². The van der Waals surface area contributed by atoms with Gasteiger partial charge in [-0.2, -0.15) is 0 Å². The number of anilines is 2. The summed E-state index contributed by atoms with van der Waals surface area (Å²) in [7, 11) is 0. The van der Waals surface area contributed by atoms with E-state index in [4.69, 9.17) is 21.1 Å². The van der Waals surface area contributed by atoms with Crippen LogP contribution in [0.4, 0.5) is 15.9 Å². The lowest BCUT2D eigenvalue weighted by molar-refractivity contribution is -0.125. The van der Waals surface area contributed by atoms with Gasteiger partial charge in [0.05, 0.1) is 36.0 Å². The topological polar surface area (TPSA) is 89.5 Å². The van der Waals surface area contributed by atoms with E-state index >= 15 is 4.39 Å². The number of hydrogen-bond acceptors (Lipinski definition) is 7. The molecule has 8 nitrogen and oxygen atoms in total. The normalized spacial score (nSPS) is 18.1. The maximum atomic E-state index is 15.0. The number of fused-ring (bicyclic) bond motifs is 1. The molecule has 34 heavy (non-hydrogen) atoms. The molecule has 4 heterocycles. The van der Waals surface area contributed by atoms with Gasteiger partial charge in [0.2, 0.25) is 11.8 Å². The molecule has 2 fully saturated rings. The zero-order valence-corrected chi connectivity index (χ0v) is 19.1. The summed E-state index contributed by atoms with van der Waals surface area (Å²) in [4.78, 5) is 26.5. The van der Waals surface area contributed by atoms with E-state index in [1.807, 2.05) is 6.07 Å². The number of amides is 1. The molecule has 1 aromatic carbocycles. The Balaban J connectivity index is 1.36. The van der Waals surface area contributed by atoms with E-state index in [1.54, 1.807) is 23.1 Å². The fourth-order valence-corrected chi connectivity index (χ4v) is 4.33. The smallest absolute Gasteiger partial charge is 0.246 e. The number of halogens is 2. The Bertz CT molecular complexity index is 1250. The van der Waals surface area contributed by atoms with Crippen molar-refractivity contribution in [3.63, 3.8) is 0 Å². The van der Waals surface area contributed by atoms with Gasteiger partial charge in [0, 0.05) is 24.9 Å². The van der Waals surface area contributed by atoms with Crippen molar-refractivity contribution < 1.29 is 18.7 Å². The zero-order chi connectivity index (χ0) is 23.7. The van der Waals surface area contributed by atoms with Gasteiger partial charge >= 0.3 is 0 Å². The van der Waals surface area contributed by atoms with E-state index in [0.29, 0.717) is 67.8 Å². The number of nitrogens with zero attached hydrogens (tertiary/aromatic N) is 4. The molecule has 0 spiro atoms. The third-order valence-electron chi connectivity index (χ3n) is 6.01. The summed E-state index contributed by atoms with van der Waals surface area (Å²) in [6, 6.07) is 6.94. The third kappa shape index (κ3) is 4.53. The lowest BCUT2D eigenvalue weighted by atomic mass is 9.97. The molecule has 0 bridgehead atoms. The van der Waals surface area contributed by atoms with Crippen LogP contribution in [0.3, 0.4) is 0 Å². The minimum Gasteiger partial charge on any atom is -0.472 e. The van der Waals surface area contributed by atoms with Crippen molar-refractivity contribution >= 4 is 40.0 Å². The Morgan fingerprint density at radius 2 is 2.18 bits per heavy atom. The number of hydrogen-bond donors (Lipinski definition) is 1. The first-order chi connectivity index (χ1) is 16.5. The van der Waals surface area contributed by atoms with Crippen LogP contribution in [0.25, 0.3) is 11.0 Å². The van der Waals surface area contributed by atoms with Crippen molar-refractivity contribution in [2.45, 2.75) is 18.9 Å². The molecule has 0 aliphatic carbocycles. The van der Waals surface area contributed by atoms with Crippen LogP contribution in [0.2, 0.25) is 5.02 Å². The number of likely N-dealkylation sites (tertiary alicyclic amines) is 1. The Morgan fingerprint density at radius 1 is 1.32 bits per heavy atom. The summed E-state index contributed by atoms with van der Waals surface area (Å²) in [6.07, 6.45) is 3.86. The van der Waals surface area contributed by atoms with Crippen LogP contribution in [0.5, 0.6) is 5.88 Å². The molecule has 2 aliphatic rings. The van der Waals surface area contributed by atoms with Gasteiger partial charge < -0.3 is 19.7 Å². The van der Waals surface area contributed by atoms with E-state index in [1.165, 1.54) is 12.4 Å². The van der Waals surface area contributed by atoms with Crippen molar-refractivity contribution in [2.24, 2.45) is 5.92 Å². The van der Waals surface area contributed by atoms with Gasteiger partial charge in [0.15, 0.2) is 11.6 Å². The number of carbonyl (C=O) groups excluding carboxylic acids is 1. The van der Waals surface area contributed by atoms with Gasteiger partial charge in [-0.05, 0) is 30.2 Å². The summed E-state index contributed by atoms with van der Waals surface area (Å²) in [6.45, 7) is 5.93. The predicted octanol–water partition coefficient (Wildman–Crippen LogP) is 3.92. The van der Waals surface area contributed by atoms with Crippen molar-refractivity contribution in [1.29, 1.82) is 0 Å². The lowest BCUT2D eigenvalue weighted by Gasteiger charge is -2.26. The predicted molar refractivity (Wildman–Crippen MR) is 126 cm³/mol. The molecule has 2 aliphatic heterocycles. The number of pyridine rings is 1. The number of aromatic nitrogens is 3. The fraction of sp³-hybridized carbons (Fsp3) is 0.333. The summed E-state index contributed by atoms with van der Waals surface area (Å²) < 4.78 is 26.2. The number of nitrogens with one attached hydrogen (secondary N) is 1. The molecule has 176 valence electrons. The summed E-state index contributed by atoms with van der Waals surface area (Å²) in [5.41, 5.74) is 1.96. The molecule has 0 unspecified atom stereocenters. The second kappa shape index (κ2) is 9.52. The van der Waals surface area contributed by atoms with E-state index < -0.39 is 5.82 Å². The maximum absolute atomic E-state index is 15.0. The molecule has 10 heteroatoms. The van der Waals surface area contributed by atoms with Gasteiger partial charge in [-0.3, -0.25) is 4.79 Å². The number of rotatable bonds is 7. The third-order valence-corrected chi connectivity index (χ3v) is 6.41. The highest BCUT2D eigenvalue weighted by atomic mass is 35.5. The largest absolute Gasteiger partial charge is 0.472 e. The standard InChI is InChI=1S/C24H23ClFN5O3/c1-2-20(32)31-8-7-16(10-31)34-19-6-5-18-23(30-19)24(28-13-27-18)29-17-4-3-15(21(25)22(17)26)9-14-11-33-12-14/h2-6,13-14,16H,1,7-12H2,(H,27,28,29)/t16-/m0/s1. The van der Waals surface area contributed by atoms with Crippen LogP contribution in [0.15, 0.2) is 43.2 Å². The van der Waals surface area contributed by atoms with Gasteiger partial charge in [0.25, 0.3) is 0 Å². The molecule has 5 rings (SSSR count). The van der Waals surface area contributed by atoms with Crippen LogP contribution in [0, 0.1) is 11.7 Å². The number of carbonyl (C=O) groups is 1. The Morgan fingerprint density at radius 3 is 2.94 bits per heavy atom. The van der Waals surface area contributed by atoms with Crippen molar-refractivity contribution in [2.75, 3.05) is 31.6 Å². The zero-order valence-electron chi connectivity index (χ0n) is 18.3. The highest BCUT2D eigenvalue weighted by Crippen LogP contribution is 2.32. The van der Waals surface area contributed by atoms with Crippen LogP contribution in [-0.2, 0) is 16.0 Å². The molecule has 0 radical (unpaired) electrons. The van der Waals surface area contributed by atoms with E-state index in [0.717, 1.165) is 5.56 Å². The number of benzene rings is 1. The molecule has 3 aromatic rings. The van der Waals surface area contributed by atoms with Crippen LogP contribution in [-0.4, -0.2) is 58.2 Å². The molecule has 1 N–H and O–H groups in total. The average molecular weight is 484 g/mol. The van der Waals surface area contributed by atoms with Gasteiger partial charge in [0.1, 0.15) is 17.9 Å². The lowest BCUT2D eigenvalue weighted by Crippen LogP contribution is -2.29. The van der Waals surface area contributed by atoms with Crippen molar-refractivity contribution in [3.05, 3.63) is 59.7 Å². The summed E-state index contributed by atoms with van der Waals surface area (Å²) in [5.74, 6) is 0.410. The van der Waals surface area contributed by atoms with Gasteiger partial charge in [-0.1, -0.05) is 24.2 Å². The molecule has 1 amide bonds. The maximum Gasteiger partial charge on any atom is 0.246 e. The average Bonchev–Trinajstić information content (AvgIpc) is 3.28. The van der Waals surface area contributed by atoms with Crippen LogP contribution >= 0.6 is 11.6 Å². The second-order valence-electron chi connectivity index (χ2n) is 8.39. The molecule has 2 saturated heterocycles. The number of ether oxygens (including phenoxy) is 2. The van der Waals surface area contributed by atoms with Gasteiger partial charge in [-0.15, -0.1) is 0 Å². The first kappa shape index (κ1) is 22.5. The van der Waals surface area contributed by atoms with Crippen LogP contribution in [0.1, 0.15) is 12.0 Å². The minimum atomic E-state index is -0.545. The van der Waals surface area contributed by atoms with E-state index in [2.05, 4.69) is 26.8 Å². The first-order valence-corrected chi connectivity index (χ1v) is 11.4. The minimum absolute atomic E-state index is 0.0899. The first-order valence-electron chi connectivity index (χ1n) is 11.0. The molecular formula is C24H23ClFN5O3. The molecular weight excluding hydrogens is 461 g/mol. The molecule has 2 aromatic heterocycles.